The molecule has 4 N–H and O–H groups in total. The van der Waals surface area contributed by atoms with Gasteiger partial charge in [0.15, 0.2) is 0 Å². The molecular weight excluding hydrogens is 174 g/mol. The molecule has 1 rings (SSSR count). The molecule has 0 aromatic carbocycles. The van der Waals surface area contributed by atoms with Crippen molar-refractivity contribution in [3.63, 3.8) is 0 Å². The predicted octanol–water partition coefficient (Wildman–Crippen LogP) is 2.18. The van der Waals surface area contributed by atoms with Crippen LogP contribution >= 0.6 is 12.2 Å². The zero-order valence-electron chi connectivity index (χ0n) is 7.30. The second-order valence-corrected chi connectivity index (χ2v) is 3.75. The normalized spacial score (nSPS) is 17.8. The lowest BCUT2D eigenvalue weighted by molar-refractivity contribution is -0.129. The van der Waals surface area contributed by atoms with Gasteiger partial charge in [-0.1, -0.05) is 25.6 Å². The Labute approximate surface area is 77.7 Å². The number of carboxylic acids is 1. The van der Waals surface area contributed by atoms with Crippen molar-refractivity contribution < 1.29 is 9.90 Å². The Hall–Kier alpha value is -0.480. The van der Waals surface area contributed by atoms with Gasteiger partial charge in [0.25, 0.3) is 0 Å². The molecule has 0 heterocycles. The molecule has 4 heteroatoms. The van der Waals surface area contributed by atoms with Gasteiger partial charge < -0.3 is 11.3 Å². The molecule has 3 nitrogen and oxygen atoms in total. The first-order valence-corrected chi connectivity index (χ1v) is 4.26. The van der Waals surface area contributed by atoms with Crippen LogP contribution in [-0.4, -0.2) is 15.9 Å². The lowest BCUT2D eigenvalue weighted by Crippen LogP contribution is -2.15. The highest BCUT2D eigenvalue weighted by Crippen LogP contribution is 2.51. The minimum atomic E-state index is -0.917. The molecule has 0 radical (unpaired) electrons. The van der Waals surface area contributed by atoms with Gasteiger partial charge in [-0.15, -0.1) is 0 Å². The Kier molecular flexibility index (Phi) is 3.80. The smallest absolute Gasteiger partial charge is 0.342 e. The van der Waals surface area contributed by atoms with Crippen LogP contribution in [-0.2, 0) is 4.79 Å². The van der Waals surface area contributed by atoms with E-state index in [2.05, 4.69) is 6.92 Å². The van der Waals surface area contributed by atoms with E-state index in [9.17, 15) is 4.79 Å². The first-order chi connectivity index (χ1) is 5.09. The summed E-state index contributed by atoms with van der Waals surface area (Å²) in [6, 6.07) is 0. The van der Waals surface area contributed by atoms with Gasteiger partial charge in [-0.2, -0.15) is 0 Å². The van der Waals surface area contributed by atoms with Crippen molar-refractivity contribution in [2.24, 2.45) is 5.41 Å². The molecular formula is C8H15NO2S. The Morgan fingerprint density at radius 3 is 2.33 bits per heavy atom. The van der Waals surface area contributed by atoms with Crippen LogP contribution in [0.3, 0.4) is 0 Å². The van der Waals surface area contributed by atoms with E-state index >= 15 is 0 Å². The maximum atomic E-state index is 10.4. The molecule has 1 aliphatic rings. The maximum absolute atomic E-state index is 10.4. The number of hydrogen-bond donors (Lipinski definition) is 2. The zero-order valence-corrected chi connectivity index (χ0v) is 8.12. The van der Waals surface area contributed by atoms with E-state index in [1.165, 1.54) is 0 Å². The molecule has 0 aromatic heterocycles. The van der Waals surface area contributed by atoms with Crippen molar-refractivity contribution in [1.82, 2.24) is 6.15 Å². The van der Waals surface area contributed by atoms with Gasteiger partial charge in [0.05, 0.1) is 0 Å². The lowest BCUT2D eigenvalue weighted by atomic mass is 9.97. The van der Waals surface area contributed by atoms with E-state index < -0.39 is 5.97 Å². The van der Waals surface area contributed by atoms with Crippen LogP contribution in [0.1, 0.15) is 32.6 Å². The molecule has 0 aromatic rings. The third kappa shape index (κ3) is 2.53. The molecule has 12 heavy (non-hydrogen) atoms. The monoisotopic (exact) mass is 189 g/mol. The number of aliphatic carboxylic acids is 1. The minimum absolute atomic E-state index is 0. The van der Waals surface area contributed by atoms with Crippen molar-refractivity contribution >= 4 is 23.1 Å². The molecule has 0 amide bonds. The van der Waals surface area contributed by atoms with Gasteiger partial charge in [-0.05, 0) is 24.7 Å². The number of carbonyl (C=O) groups is 1. The molecule has 0 aliphatic heterocycles. The molecule has 0 unspecified atom stereocenters. The van der Waals surface area contributed by atoms with Crippen LogP contribution in [0, 0.1) is 5.41 Å². The van der Waals surface area contributed by atoms with Crippen LogP contribution < -0.4 is 6.15 Å². The van der Waals surface area contributed by atoms with E-state index in [1.807, 2.05) is 0 Å². The molecule has 1 aliphatic carbocycles. The zero-order chi connectivity index (χ0) is 8.48. The third-order valence-corrected chi connectivity index (χ3v) is 2.80. The Balaban J connectivity index is 0.00000121. The first-order valence-electron chi connectivity index (χ1n) is 3.86. The van der Waals surface area contributed by atoms with Crippen LogP contribution in [0.25, 0.3) is 0 Å². The van der Waals surface area contributed by atoms with E-state index in [0.717, 1.165) is 19.3 Å². The molecule has 0 saturated heterocycles. The molecule has 0 bridgehead atoms. The molecule has 1 fully saturated rings. The quantitative estimate of drug-likeness (QED) is 0.665. The number of thiocarbonyl (C=S) groups is 1. The van der Waals surface area contributed by atoms with Crippen molar-refractivity contribution in [3.05, 3.63) is 0 Å². The SMILES string of the molecule is CCC1(CC(=S)C(=O)O)CC1.N. The summed E-state index contributed by atoms with van der Waals surface area (Å²) < 4.78 is 0. The van der Waals surface area contributed by atoms with Gasteiger partial charge in [0.2, 0.25) is 0 Å². The van der Waals surface area contributed by atoms with E-state index in [4.69, 9.17) is 17.3 Å². The largest absolute Gasteiger partial charge is 0.477 e. The van der Waals surface area contributed by atoms with Gasteiger partial charge in [-0.3, -0.25) is 0 Å². The summed E-state index contributed by atoms with van der Waals surface area (Å²) >= 11 is 4.73. The van der Waals surface area contributed by atoms with Crippen LogP contribution in [0.4, 0.5) is 0 Å². The van der Waals surface area contributed by atoms with Crippen molar-refractivity contribution in [2.75, 3.05) is 0 Å². The fourth-order valence-electron chi connectivity index (χ4n) is 1.25. The standard InChI is InChI=1S/C8H12O2S.H3N/c1-2-8(3-4-8)5-6(11)7(9)10;/h2-5H2,1H3,(H,9,10);1H3. The minimum Gasteiger partial charge on any atom is -0.477 e. The maximum Gasteiger partial charge on any atom is 0.342 e. The Morgan fingerprint density at radius 1 is 1.58 bits per heavy atom. The Bertz CT molecular complexity index is 199. The fraction of sp³-hybridized carbons (Fsp3) is 0.750. The van der Waals surface area contributed by atoms with Gasteiger partial charge in [-0.25, -0.2) is 4.79 Å². The molecule has 70 valence electrons. The van der Waals surface area contributed by atoms with Gasteiger partial charge in [0, 0.05) is 0 Å². The number of carboxylic acid groups (broad SMARTS) is 1. The molecule has 0 atom stereocenters. The van der Waals surface area contributed by atoms with Gasteiger partial charge in [0.1, 0.15) is 4.86 Å². The summed E-state index contributed by atoms with van der Waals surface area (Å²) in [5.74, 6) is -0.917. The van der Waals surface area contributed by atoms with Crippen molar-refractivity contribution in [1.29, 1.82) is 0 Å². The highest BCUT2D eigenvalue weighted by Gasteiger charge is 2.42. The highest BCUT2D eigenvalue weighted by molar-refractivity contribution is 7.82. The summed E-state index contributed by atoms with van der Waals surface area (Å²) in [6.07, 6.45) is 3.96. The van der Waals surface area contributed by atoms with Crippen molar-refractivity contribution in [2.45, 2.75) is 32.6 Å². The molecule has 1 saturated carbocycles. The lowest BCUT2D eigenvalue weighted by Gasteiger charge is -2.09. The summed E-state index contributed by atoms with van der Waals surface area (Å²) in [5, 5.41) is 8.53. The van der Waals surface area contributed by atoms with Crippen molar-refractivity contribution in [3.8, 4) is 0 Å². The topological polar surface area (TPSA) is 72.3 Å². The average molecular weight is 189 g/mol. The fourth-order valence-corrected chi connectivity index (χ4v) is 1.55. The second-order valence-electron chi connectivity index (χ2n) is 3.26. The van der Waals surface area contributed by atoms with Crippen LogP contribution in [0.15, 0.2) is 0 Å². The van der Waals surface area contributed by atoms with E-state index in [1.54, 1.807) is 0 Å². The summed E-state index contributed by atoms with van der Waals surface area (Å²) in [5.41, 5.74) is 0.273. The summed E-state index contributed by atoms with van der Waals surface area (Å²) in [6.45, 7) is 2.09. The average Bonchev–Trinajstić information content (AvgIpc) is 2.69. The summed E-state index contributed by atoms with van der Waals surface area (Å²) in [4.78, 5) is 10.6. The predicted molar refractivity (Wildman–Crippen MR) is 51.8 cm³/mol. The van der Waals surface area contributed by atoms with Crippen LogP contribution in [0.2, 0.25) is 0 Å². The van der Waals surface area contributed by atoms with E-state index in [-0.39, 0.29) is 16.4 Å². The third-order valence-electron chi connectivity index (χ3n) is 2.48. The second kappa shape index (κ2) is 3.96. The number of rotatable bonds is 4. The molecule has 0 spiro atoms. The number of hydrogen-bond acceptors (Lipinski definition) is 3. The van der Waals surface area contributed by atoms with Crippen LogP contribution in [0.5, 0.6) is 0 Å². The van der Waals surface area contributed by atoms with Gasteiger partial charge >= 0.3 is 5.97 Å². The highest BCUT2D eigenvalue weighted by atomic mass is 32.1. The Morgan fingerprint density at radius 2 is 2.08 bits per heavy atom. The summed E-state index contributed by atoms with van der Waals surface area (Å²) in [7, 11) is 0. The first kappa shape index (κ1) is 11.5. The van der Waals surface area contributed by atoms with E-state index in [0.29, 0.717) is 6.42 Å².